The molecule has 2 fully saturated rings. The van der Waals surface area contributed by atoms with Gasteiger partial charge in [0.05, 0.1) is 13.2 Å². The van der Waals surface area contributed by atoms with Crippen molar-refractivity contribution in [3.05, 3.63) is 35.9 Å². The molecule has 3 rings (SSSR count). The molecule has 5 nitrogen and oxygen atoms in total. The summed E-state index contributed by atoms with van der Waals surface area (Å²) in [6.07, 6.45) is 4.46. The second-order valence-electron chi connectivity index (χ2n) is 6.44. The molecule has 1 saturated heterocycles. The Morgan fingerprint density at radius 1 is 1.22 bits per heavy atom. The van der Waals surface area contributed by atoms with Crippen LogP contribution in [0.25, 0.3) is 0 Å². The second kappa shape index (κ2) is 7.32. The molecule has 2 N–H and O–H groups in total. The van der Waals surface area contributed by atoms with Crippen LogP contribution in [0.2, 0.25) is 0 Å². The fourth-order valence-corrected chi connectivity index (χ4v) is 3.73. The first-order valence-corrected chi connectivity index (χ1v) is 8.45. The van der Waals surface area contributed by atoms with E-state index in [2.05, 4.69) is 12.1 Å². The lowest BCUT2D eigenvalue weighted by Gasteiger charge is -2.38. The Morgan fingerprint density at radius 3 is 2.48 bits per heavy atom. The van der Waals surface area contributed by atoms with E-state index < -0.39 is 6.09 Å². The SMILES string of the molecule is NC(=O)OC(CCc1ccccc1)C1CCC2(CC1)OCCO2. The third kappa shape index (κ3) is 4.24. The summed E-state index contributed by atoms with van der Waals surface area (Å²) in [5.74, 6) is -0.0580. The summed E-state index contributed by atoms with van der Waals surface area (Å²) in [5.41, 5.74) is 6.52. The number of carbonyl (C=O) groups excluding carboxylic acids is 1. The minimum Gasteiger partial charge on any atom is -0.446 e. The fraction of sp³-hybridized carbons (Fsp3) is 0.611. The van der Waals surface area contributed by atoms with Crippen LogP contribution in [0.15, 0.2) is 30.3 Å². The highest BCUT2D eigenvalue weighted by Crippen LogP contribution is 2.40. The molecule has 126 valence electrons. The zero-order chi connectivity index (χ0) is 16.1. The molecule has 23 heavy (non-hydrogen) atoms. The topological polar surface area (TPSA) is 70.8 Å². The molecule has 1 atom stereocenters. The van der Waals surface area contributed by atoms with Crippen LogP contribution in [-0.4, -0.2) is 31.2 Å². The van der Waals surface area contributed by atoms with E-state index in [9.17, 15) is 4.79 Å². The standard InChI is InChI=1S/C18H25NO4/c19-17(20)23-16(7-6-14-4-2-1-3-5-14)15-8-10-18(11-9-15)21-12-13-22-18/h1-5,15-16H,6-13H2,(H2,19,20). The van der Waals surface area contributed by atoms with Crippen molar-refractivity contribution < 1.29 is 19.0 Å². The molecule has 1 aliphatic heterocycles. The van der Waals surface area contributed by atoms with Gasteiger partial charge in [-0.2, -0.15) is 0 Å². The van der Waals surface area contributed by atoms with Crippen molar-refractivity contribution in [1.29, 1.82) is 0 Å². The van der Waals surface area contributed by atoms with E-state index in [1.165, 1.54) is 5.56 Å². The van der Waals surface area contributed by atoms with Gasteiger partial charge in [-0.1, -0.05) is 30.3 Å². The number of ether oxygens (including phenoxy) is 3. The Balaban J connectivity index is 1.57. The molecule has 1 unspecified atom stereocenters. The summed E-state index contributed by atoms with van der Waals surface area (Å²) in [6.45, 7) is 1.36. The van der Waals surface area contributed by atoms with Crippen molar-refractivity contribution in [2.24, 2.45) is 11.7 Å². The highest BCUT2D eigenvalue weighted by atomic mass is 16.7. The van der Waals surface area contributed by atoms with Crippen LogP contribution in [0.4, 0.5) is 4.79 Å². The first kappa shape index (κ1) is 16.3. The number of nitrogens with two attached hydrogens (primary N) is 1. The molecule has 1 aromatic carbocycles. The van der Waals surface area contributed by atoms with Gasteiger partial charge in [-0.15, -0.1) is 0 Å². The molecular formula is C18H25NO4. The van der Waals surface area contributed by atoms with E-state index in [1.807, 2.05) is 18.2 Å². The quantitative estimate of drug-likeness (QED) is 0.905. The minimum atomic E-state index is -0.684. The highest BCUT2D eigenvalue weighted by molar-refractivity contribution is 5.64. The highest BCUT2D eigenvalue weighted by Gasteiger charge is 2.42. The second-order valence-corrected chi connectivity index (χ2v) is 6.44. The van der Waals surface area contributed by atoms with Crippen molar-refractivity contribution in [2.75, 3.05) is 13.2 Å². The lowest BCUT2D eigenvalue weighted by atomic mass is 9.80. The van der Waals surface area contributed by atoms with Crippen molar-refractivity contribution in [3.8, 4) is 0 Å². The van der Waals surface area contributed by atoms with Crippen LogP contribution in [-0.2, 0) is 20.6 Å². The zero-order valence-electron chi connectivity index (χ0n) is 13.4. The third-order valence-corrected chi connectivity index (χ3v) is 4.96. The molecule has 1 aliphatic carbocycles. The number of aryl methyl sites for hydroxylation is 1. The molecule has 0 bridgehead atoms. The smallest absolute Gasteiger partial charge is 0.404 e. The average molecular weight is 319 g/mol. The van der Waals surface area contributed by atoms with Gasteiger partial charge in [-0.25, -0.2) is 4.79 Å². The molecular weight excluding hydrogens is 294 g/mol. The molecule has 5 heteroatoms. The predicted octanol–water partition coefficient (Wildman–Crippen LogP) is 3.02. The van der Waals surface area contributed by atoms with E-state index in [0.29, 0.717) is 19.1 Å². The van der Waals surface area contributed by atoms with E-state index in [-0.39, 0.29) is 11.9 Å². The molecule has 1 heterocycles. The van der Waals surface area contributed by atoms with Crippen LogP contribution in [0.5, 0.6) is 0 Å². The summed E-state index contributed by atoms with van der Waals surface area (Å²) >= 11 is 0. The van der Waals surface area contributed by atoms with Gasteiger partial charge in [0.2, 0.25) is 0 Å². The monoisotopic (exact) mass is 319 g/mol. The molecule has 0 aromatic heterocycles. The Labute approximate surface area is 137 Å². The van der Waals surface area contributed by atoms with E-state index in [1.54, 1.807) is 0 Å². The third-order valence-electron chi connectivity index (χ3n) is 4.96. The maximum absolute atomic E-state index is 11.3. The number of primary amides is 1. The van der Waals surface area contributed by atoms with Crippen molar-refractivity contribution >= 4 is 6.09 Å². The number of amides is 1. The Hall–Kier alpha value is -1.59. The number of hydrogen-bond donors (Lipinski definition) is 1. The normalized spacial score (nSPS) is 22.1. The van der Waals surface area contributed by atoms with Crippen LogP contribution in [0, 0.1) is 5.92 Å². The average Bonchev–Trinajstić information content (AvgIpc) is 3.01. The Bertz CT molecular complexity index is 503. The predicted molar refractivity (Wildman–Crippen MR) is 85.8 cm³/mol. The van der Waals surface area contributed by atoms with Crippen molar-refractivity contribution in [3.63, 3.8) is 0 Å². The van der Waals surface area contributed by atoms with Crippen LogP contribution in [0.1, 0.15) is 37.7 Å². The van der Waals surface area contributed by atoms with Crippen LogP contribution < -0.4 is 5.73 Å². The minimum absolute atomic E-state index is 0.133. The lowest BCUT2D eigenvalue weighted by Crippen LogP contribution is -2.40. The zero-order valence-corrected chi connectivity index (χ0v) is 13.4. The first-order valence-electron chi connectivity index (χ1n) is 8.45. The lowest BCUT2D eigenvalue weighted by molar-refractivity contribution is -0.186. The molecule has 0 radical (unpaired) electrons. The summed E-state index contributed by atoms with van der Waals surface area (Å²) in [7, 11) is 0. The van der Waals surface area contributed by atoms with Crippen LogP contribution >= 0.6 is 0 Å². The molecule has 2 aliphatic rings. The molecule has 1 spiro atoms. The van der Waals surface area contributed by atoms with E-state index in [0.717, 1.165) is 38.5 Å². The first-order chi connectivity index (χ1) is 11.2. The van der Waals surface area contributed by atoms with E-state index >= 15 is 0 Å². The van der Waals surface area contributed by atoms with Gasteiger partial charge in [-0.05, 0) is 37.2 Å². The Kier molecular flexibility index (Phi) is 5.18. The number of carbonyl (C=O) groups is 1. The maximum atomic E-state index is 11.3. The van der Waals surface area contributed by atoms with Crippen molar-refractivity contribution in [2.45, 2.75) is 50.4 Å². The number of hydrogen-bond acceptors (Lipinski definition) is 4. The number of rotatable bonds is 5. The maximum Gasteiger partial charge on any atom is 0.404 e. The molecule has 1 saturated carbocycles. The van der Waals surface area contributed by atoms with Gasteiger partial charge in [0.15, 0.2) is 5.79 Å². The van der Waals surface area contributed by atoms with Crippen LogP contribution in [0.3, 0.4) is 0 Å². The van der Waals surface area contributed by atoms with Gasteiger partial charge in [0.1, 0.15) is 6.10 Å². The molecule has 1 amide bonds. The summed E-state index contributed by atoms with van der Waals surface area (Å²) in [4.78, 5) is 11.3. The fourth-order valence-electron chi connectivity index (χ4n) is 3.73. The van der Waals surface area contributed by atoms with Gasteiger partial charge in [0.25, 0.3) is 0 Å². The molecule has 1 aromatic rings. The van der Waals surface area contributed by atoms with Gasteiger partial charge < -0.3 is 19.9 Å². The Morgan fingerprint density at radius 2 is 1.87 bits per heavy atom. The largest absolute Gasteiger partial charge is 0.446 e. The van der Waals surface area contributed by atoms with E-state index in [4.69, 9.17) is 19.9 Å². The summed E-state index contributed by atoms with van der Waals surface area (Å²) < 4.78 is 17.0. The summed E-state index contributed by atoms with van der Waals surface area (Å²) in [6, 6.07) is 10.2. The van der Waals surface area contributed by atoms with Gasteiger partial charge in [-0.3, -0.25) is 0 Å². The number of benzene rings is 1. The van der Waals surface area contributed by atoms with Gasteiger partial charge in [0, 0.05) is 12.8 Å². The summed E-state index contributed by atoms with van der Waals surface area (Å²) in [5, 5.41) is 0. The van der Waals surface area contributed by atoms with Gasteiger partial charge >= 0.3 is 6.09 Å². The van der Waals surface area contributed by atoms with Crippen molar-refractivity contribution in [1.82, 2.24) is 0 Å².